The molecule has 0 bridgehead atoms. The number of aryl methyl sites for hydroxylation is 2. The molecule has 0 spiro atoms. The van der Waals surface area contributed by atoms with E-state index in [2.05, 4.69) is 10.1 Å². The standard InChI is InChI=1S/C10H12ClN3OS/c1-6-7(10(11)14(2)13-6)3-9(15)8-4-16-5-12-8/h4-5,9,15H,3H2,1-2H3. The number of hydrogen-bond acceptors (Lipinski definition) is 4. The topological polar surface area (TPSA) is 50.9 Å². The minimum Gasteiger partial charge on any atom is -0.386 e. The van der Waals surface area contributed by atoms with Gasteiger partial charge >= 0.3 is 0 Å². The van der Waals surface area contributed by atoms with Gasteiger partial charge in [0.25, 0.3) is 0 Å². The van der Waals surface area contributed by atoms with Gasteiger partial charge in [-0.25, -0.2) is 4.98 Å². The van der Waals surface area contributed by atoms with E-state index in [-0.39, 0.29) is 0 Å². The van der Waals surface area contributed by atoms with Crippen molar-refractivity contribution in [3.05, 3.63) is 33.0 Å². The summed E-state index contributed by atoms with van der Waals surface area (Å²) in [5, 5.41) is 16.6. The molecule has 1 atom stereocenters. The highest BCUT2D eigenvalue weighted by atomic mass is 35.5. The molecule has 0 fully saturated rings. The van der Waals surface area contributed by atoms with Gasteiger partial charge in [-0.2, -0.15) is 5.10 Å². The number of rotatable bonds is 3. The first-order valence-electron chi connectivity index (χ1n) is 4.83. The van der Waals surface area contributed by atoms with Crippen molar-refractivity contribution < 1.29 is 5.11 Å². The van der Waals surface area contributed by atoms with Gasteiger partial charge in [-0.1, -0.05) is 11.6 Å². The molecule has 6 heteroatoms. The van der Waals surface area contributed by atoms with Crippen LogP contribution in [0.25, 0.3) is 0 Å². The van der Waals surface area contributed by atoms with Gasteiger partial charge in [0.15, 0.2) is 0 Å². The molecular formula is C10H12ClN3OS. The Kier molecular flexibility index (Phi) is 3.28. The Bertz CT molecular complexity index is 480. The molecule has 86 valence electrons. The Morgan fingerprint density at radius 3 is 2.88 bits per heavy atom. The Morgan fingerprint density at radius 1 is 1.62 bits per heavy atom. The van der Waals surface area contributed by atoms with E-state index in [1.165, 1.54) is 11.3 Å². The molecule has 1 unspecified atom stereocenters. The third-order valence-electron chi connectivity index (χ3n) is 2.46. The van der Waals surface area contributed by atoms with E-state index in [4.69, 9.17) is 11.6 Å². The van der Waals surface area contributed by atoms with Crippen molar-refractivity contribution in [3.8, 4) is 0 Å². The minimum absolute atomic E-state index is 0.447. The first kappa shape index (κ1) is 11.6. The van der Waals surface area contributed by atoms with Gasteiger partial charge in [0.2, 0.25) is 0 Å². The summed E-state index contributed by atoms with van der Waals surface area (Å²) in [5.41, 5.74) is 4.12. The Hall–Kier alpha value is -0.910. The average molecular weight is 258 g/mol. The number of halogens is 1. The van der Waals surface area contributed by atoms with E-state index >= 15 is 0 Å². The summed E-state index contributed by atoms with van der Waals surface area (Å²) in [5.74, 6) is 0. The first-order valence-corrected chi connectivity index (χ1v) is 6.15. The fourth-order valence-corrected chi connectivity index (χ4v) is 2.44. The molecule has 0 aliphatic rings. The van der Waals surface area contributed by atoms with Crippen LogP contribution >= 0.6 is 22.9 Å². The van der Waals surface area contributed by atoms with Crippen molar-refractivity contribution in [2.75, 3.05) is 0 Å². The van der Waals surface area contributed by atoms with Crippen LogP contribution in [0.15, 0.2) is 10.9 Å². The summed E-state index contributed by atoms with van der Waals surface area (Å²) >= 11 is 7.56. The summed E-state index contributed by atoms with van der Waals surface area (Å²) in [6, 6.07) is 0. The van der Waals surface area contributed by atoms with Gasteiger partial charge in [-0.05, 0) is 6.92 Å². The summed E-state index contributed by atoms with van der Waals surface area (Å²) in [6.07, 6.45) is -0.172. The maximum Gasteiger partial charge on any atom is 0.130 e. The van der Waals surface area contributed by atoms with Crippen molar-refractivity contribution in [2.24, 2.45) is 7.05 Å². The summed E-state index contributed by atoms with van der Waals surface area (Å²) in [7, 11) is 1.79. The fraction of sp³-hybridized carbons (Fsp3) is 0.400. The van der Waals surface area contributed by atoms with E-state index in [1.54, 1.807) is 17.2 Å². The average Bonchev–Trinajstić information content (AvgIpc) is 2.83. The lowest BCUT2D eigenvalue weighted by molar-refractivity contribution is 0.174. The molecule has 4 nitrogen and oxygen atoms in total. The van der Waals surface area contributed by atoms with Gasteiger partial charge in [0.05, 0.1) is 16.9 Å². The maximum atomic E-state index is 9.97. The van der Waals surface area contributed by atoms with E-state index < -0.39 is 6.10 Å². The summed E-state index contributed by atoms with van der Waals surface area (Å²) in [6.45, 7) is 1.88. The zero-order chi connectivity index (χ0) is 11.7. The Labute approximate surface area is 103 Å². The highest BCUT2D eigenvalue weighted by Crippen LogP contribution is 2.25. The molecule has 2 heterocycles. The number of nitrogens with zero attached hydrogens (tertiary/aromatic N) is 3. The number of aromatic nitrogens is 3. The van der Waals surface area contributed by atoms with Crippen LogP contribution in [0.3, 0.4) is 0 Å². The van der Waals surface area contributed by atoms with Crippen molar-refractivity contribution >= 4 is 22.9 Å². The van der Waals surface area contributed by atoms with Crippen LogP contribution in [-0.4, -0.2) is 19.9 Å². The zero-order valence-electron chi connectivity index (χ0n) is 9.01. The minimum atomic E-state index is -0.619. The highest BCUT2D eigenvalue weighted by Gasteiger charge is 2.17. The predicted octanol–water partition coefficient (Wildman–Crippen LogP) is 2.11. The molecule has 0 aliphatic heterocycles. The van der Waals surface area contributed by atoms with Crippen molar-refractivity contribution in [1.29, 1.82) is 0 Å². The third-order valence-corrected chi connectivity index (χ3v) is 3.54. The second-order valence-electron chi connectivity index (χ2n) is 3.61. The summed E-state index contributed by atoms with van der Waals surface area (Å²) < 4.78 is 1.61. The molecule has 2 aromatic rings. The Balaban J connectivity index is 2.21. The molecule has 0 saturated heterocycles. The van der Waals surface area contributed by atoms with Crippen LogP contribution in [-0.2, 0) is 13.5 Å². The molecule has 0 amide bonds. The second kappa shape index (κ2) is 4.53. The lowest BCUT2D eigenvalue weighted by atomic mass is 10.1. The number of aliphatic hydroxyl groups excluding tert-OH is 1. The number of aliphatic hydroxyl groups is 1. The first-order chi connectivity index (χ1) is 7.59. The summed E-state index contributed by atoms with van der Waals surface area (Å²) in [4.78, 5) is 4.08. The van der Waals surface area contributed by atoms with Gasteiger partial charge in [-0.3, -0.25) is 4.68 Å². The van der Waals surface area contributed by atoms with E-state index in [0.29, 0.717) is 17.3 Å². The van der Waals surface area contributed by atoms with Gasteiger partial charge < -0.3 is 5.11 Å². The molecule has 0 aromatic carbocycles. The van der Waals surface area contributed by atoms with Crippen LogP contribution in [0.5, 0.6) is 0 Å². The molecule has 16 heavy (non-hydrogen) atoms. The van der Waals surface area contributed by atoms with Crippen molar-refractivity contribution in [1.82, 2.24) is 14.8 Å². The molecule has 0 radical (unpaired) electrons. The predicted molar refractivity (Wildman–Crippen MR) is 63.7 cm³/mol. The quantitative estimate of drug-likeness (QED) is 0.916. The van der Waals surface area contributed by atoms with Crippen LogP contribution in [0, 0.1) is 6.92 Å². The smallest absolute Gasteiger partial charge is 0.130 e. The monoisotopic (exact) mass is 257 g/mol. The van der Waals surface area contributed by atoms with E-state index in [9.17, 15) is 5.11 Å². The second-order valence-corrected chi connectivity index (χ2v) is 4.69. The molecule has 2 rings (SSSR count). The SMILES string of the molecule is Cc1nn(C)c(Cl)c1CC(O)c1cscn1. The number of thiazole rings is 1. The van der Waals surface area contributed by atoms with E-state index in [0.717, 1.165) is 11.3 Å². The van der Waals surface area contributed by atoms with Crippen LogP contribution in [0.2, 0.25) is 5.15 Å². The highest BCUT2D eigenvalue weighted by molar-refractivity contribution is 7.07. The Morgan fingerprint density at radius 2 is 2.38 bits per heavy atom. The molecule has 0 aliphatic carbocycles. The van der Waals surface area contributed by atoms with Gasteiger partial charge in [0, 0.05) is 24.4 Å². The molecule has 1 N–H and O–H groups in total. The van der Waals surface area contributed by atoms with Crippen LogP contribution in [0.1, 0.15) is 23.1 Å². The zero-order valence-corrected chi connectivity index (χ0v) is 10.6. The van der Waals surface area contributed by atoms with Gasteiger partial charge in [-0.15, -0.1) is 11.3 Å². The molecular weight excluding hydrogens is 246 g/mol. The van der Waals surface area contributed by atoms with Crippen LogP contribution < -0.4 is 0 Å². The van der Waals surface area contributed by atoms with E-state index in [1.807, 2.05) is 12.3 Å². The molecule has 0 saturated carbocycles. The lowest BCUT2D eigenvalue weighted by Gasteiger charge is -2.07. The normalized spacial score (nSPS) is 13.0. The molecule has 2 aromatic heterocycles. The number of hydrogen-bond donors (Lipinski definition) is 1. The largest absolute Gasteiger partial charge is 0.386 e. The third kappa shape index (κ3) is 2.11. The van der Waals surface area contributed by atoms with Gasteiger partial charge in [0.1, 0.15) is 11.3 Å². The maximum absolute atomic E-state index is 9.97. The van der Waals surface area contributed by atoms with Crippen molar-refractivity contribution in [3.63, 3.8) is 0 Å². The lowest BCUT2D eigenvalue weighted by Crippen LogP contribution is -2.03. The fourth-order valence-electron chi connectivity index (χ4n) is 1.59. The van der Waals surface area contributed by atoms with Crippen molar-refractivity contribution in [2.45, 2.75) is 19.4 Å². The van der Waals surface area contributed by atoms with Crippen LogP contribution in [0.4, 0.5) is 0 Å².